The van der Waals surface area contributed by atoms with Gasteiger partial charge in [-0.3, -0.25) is 9.52 Å². The third-order valence-corrected chi connectivity index (χ3v) is 8.02. The molecule has 0 aliphatic carbocycles. The number of carbonyl (C=O) groups excluding carboxylic acids is 1. The van der Waals surface area contributed by atoms with Gasteiger partial charge in [-0.1, -0.05) is 24.6 Å². The zero-order valence-electron chi connectivity index (χ0n) is 19.7. The van der Waals surface area contributed by atoms with Crippen molar-refractivity contribution in [1.82, 2.24) is 10.2 Å². The fourth-order valence-electron chi connectivity index (χ4n) is 3.91. The van der Waals surface area contributed by atoms with Gasteiger partial charge in [-0.05, 0) is 107 Å². The molecule has 1 saturated heterocycles. The number of unbranched alkanes of at least 4 members (excludes halogenated alkanes) is 1. The molecule has 2 aromatic rings. The van der Waals surface area contributed by atoms with E-state index in [4.69, 9.17) is 11.6 Å². The predicted molar refractivity (Wildman–Crippen MR) is 135 cm³/mol. The summed E-state index contributed by atoms with van der Waals surface area (Å²) in [4.78, 5) is 15.1. The molecule has 1 amide bonds. The van der Waals surface area contributed by atoms with E-state index >= 15 is 0 Å². The van der Waals surface area contributed by atoms with Crippen LogP contribution in [0.2, 0.25) is 5.02 Å². The summed E-state index contributed by atoms with van der Waals surface area (Å²) in [5.74, 6) is 0.455. The molecule has 0 bridgehead atoms. The first kappa shape index (κ1) is 25.5. The van der Waals surface area contributed by atoms with Gasteiger partial charge < -0.3 is 10.2 Å². The lowest BCUT2D eigenvalue weighted by atomic mass is 9.99. The van der Waals surface area contributed by atoms with Crippen molar-refractivity contribution in [1.29, 1.82) is 0 Å². The molecule has 1 aliphatic heterocycles. The lowest BCUT2D eigenvalue weighted by Gasteiger charge is -2.30. The summed E-state index contributed by atoms with van der Waals surface area (Å²) in [6.07, 6.45) is 4.39. The molecule has 0 unspecified atom stereocenters. The van der Waals surface area contributed by atoms with Crippen LogP contribution in [-0.4, -0.2) is 45.4 Å². The number of aryl methyl sites for hydroxylation is 2. The zero-order valence-corrected chi connectivity index (χ0v) is 21.2. The third-order valence-electron chi connectivity index (χ3n) is 6.31. The van der Waals surface area contributed by atoms with Crippen LogP contribution >= 0.6 is 11.6 Å². The van der Waals surface area contributed by atoms with Gasteiger partial charge in [-0.25, -0.2) is 8.42 Å². The first-order chi connectivity index (χ1) is 15.7. The van der Waals surface area contributed by atoms with E-state index in [-0.39, 0.29) is 21.4 Å². The summed E-state index contributed by atoms with van der Waals surface area (Å²) in [5, 5.41) is 3.09. The Morgan fingerprint density at radius 3 is 2.48 bits per heavy atom. The van der Waals surface area contributed by atoms with Crippen LogP contribution in [0.25, 0.3) is 0 Å². The van der Waals surface area contributed by atoms with Crippen molar-refractivity contribution < 1.29 is 13.2 Å². The molecule has 33 heavy (non-hydrogen) atoms. The second-order valence-corrected chi connectivity index (χ2v) is 11.1. The van der Waals surface area contributed by atoms with Crippen LogP contribution < -0.4 is 10.0 Å². The standard InChI is InChI=1S/C25H34ClN3O3S/c1-18-10-14-29(15-11-18)13-5-4-12-27-25(30)23-17-22(8-9-24(23)26)33(31,32)28-21-7-6-19(2)20(3)16-21/h6-9,16-18,28H,4-5,10-15H2,1-3H3,(H,27,30). The van der Waals surface area contributed by atoms with Gasteiger partial charge in [0.05, 0.1) is 15.5 Å². The Kier molecular flexibility index (Phi) is 8.79. The second kappa shape index (κ2) is 11.4. The lowest BCUT2D eigenvalue weighted by Crippen LogP contribution is -2.34. The first-order valence-electron chi connectivity index (χ1n) is 11.6. The Hall–Kier alpha value is -2.09. The number of benzene rings is 2. The minimum Gasteiger partial charge on any atom is -0.352 e. The molecule has 0 aromatic heterocycles. The number of anilines is 1. The van der Waals surface area contributed by atoms with Crippen molar-refractivity contribution in [3.8, 4) is 0 Å². The maximum atomic E-state index is 12.9. The summed E-state index contributed by atoms with van der Waals surface area (Å²) in [5.41, 5.74) is 2.70. The molecule has 8 heteroatoms. The maximum Gasteiger partial charge on any atom is 0.261 e. The number of hydrogen-bond donors (Lipinski definition) is 2. The summed E-state index contributed by atoms with van der Waals surface area (Å²) in [6.45, 7) is 10.1. The third kappa shape index (κ3) is 7.19. The molecule has 2 N–H and O–H groups in total. The average molecular weight is 492 g/mol. The monoisotopic (exact) mass is 491 g/mol. The summed E-state index contributed by atoms with van der Waals surface area (Å²) >= 11 is 6.21. The number of amides is 1. The lowest BCUT2D eigenvalue weighted by molar-refractivity contribution is 0.0952. The molecule has 0 atom stereocenters. The first-order valence-corrected chi connectivity index (χ1v) is 13.4. The van der Waals surface area contributed by atoms with Crippen LogP contribution in [0.4, 0.5) is 5.69 Å². The molecular formula is C25H34ClN3O3S. The average Bonchev–Trinajstić information content (AvgIpc) is 2.77. The highest BCUT2D eigenvalue weighted by Crippen LogP contribution is 2.24. The fourth-order valence-corrected chi connectivity index (χ4v) is 5.19. The van der Waals surface area contributed by atoms with E-state index in [9.17, 15) is 13.2 Å². The van der Waals surface area contributed by atoms with Crippen LogP contribution in [-0.2, 0) is 10.0 Å². The van der Waals surface area contributed by atoms with Crippen molar-refractivity contribution in [2.75, 3.05) is 30.9 Å². The number of hydrogen-bond acceptors (Lipinski definition) is 4. The van der Waals surface area contributed by atoms with Crippen molar-refractivity contribution >= 4 is 33.2 Å². The summed E-state index contributed by atoms with van der Waals surface area (Å²) in [7, 11) is -3.86. The van der Waals surface area contributed by atoms with Gasteiger partial charge in [0.15, 0.2) is 0 Å². The normalized spacial score (nSPS) is 15.4. The highest BCUT2D eigenvalue weighted by Gasteiger charge is 2.19. The van der Waals surface area contributed by atoms with E-state index in [2.05, 4.69) is 21.9 Å². The largest absolute Gasteiger partial charge is 0.352 e. The summed E-state index contributed by atoms with van der Waals surface area (Å²) in [6, 6.07) is 9.54. The number of sulfonamides is 1. The number of halogens is 1. The van der Waals surface area contributed by atoms with Gasteiger partial charge >= 0.3 is 0 Å². The highest BCUT2D eigenvalue weighted by molar-refractivity contribution is 7.92. The Morgan fingerprint density at radius 1 is 1.06 bits per heavy atom. The summed E-state index contributed by atoms with van der Waals surface area (Å²) < 4.78 is 28.3. The SMILES string of the molecule is Cc1ccc(NS(=O)(=O)c2ccc(Cl)c(C(=O)NCCCCN3CCC(C)CC3)c2)cc1C. The molecule has 6 nitrogen and oxygen atoms in total. The van der Waals surface area contributed by atoms with E-state index in [0.717, 1.165) is 49.5 Å². The Labute approximate surface area is 202 Å². The van der Waals surface area contributed by atoms with E-state index in [1.165, 1.54) is 31.0 Å². The molecule has 3 rings (SSSR count). The number of nitrogens with one attached hydrogen (secondary N) is 2. The van der Waals surface area contributed by atoms with Gasteiger partial charge in [-0.15, -0.1) is 0 Å². The molecule has 0 radical (unpaired) electrons. The molecular weight excluding hydrogens is 458 g/mol. The van der Waals surface area contributed by atoms with Crippen molar-refractivity contribution in [2.24, 2.45) is 5.92 Å². The van der Waals surface area contributed by atoms with Crippen LogP contribution in [0.1, 0.15) is 54.1 Å². The number of nitrogens with zero attached hydrogens (tertiary/aromatic N) is 1. The van der Waals surface area contributed by atoms with Crippen molar-refractivity contribution in [2.45, 2.75) is 51.3 Å². The second-order valence-electron chi connectivity index (χ2n) is 9.03. The van der Waals surface area contributed by atoms with Gasteiger partial charge in [0.1, 0.15) is 0 Å². The van der Waals surface area contributed by atoms with Gasteiger partial charge in [0, 0.05) is 12.2 Å². The predicted octanol–water partition coefficient (Wildman–Crippen LogP) is 5.00. The molecule has 1 heterocycles. The molecule has 1 aliphatic rings. The number of piperidine rings is 1. The molecule has 0 saturated carbocycles. The van der Waals surface area contributed by atoms with Crippen LogP contribution in [0.3, 0.4) is 0 Å². The van der Waals surface area contributed by atoms with Crippen LogP contribution in [0.5, 0.6) is 0 Å². The Morgan fingerprint density at radius 2 is 1.79 bits per heavy atom. The highest BCUT2D eigenvalue weighted by atomic mass is 35.5. The van der Waals surface area contributed by atoms with Crippen molar-refractivity contribution in [3.05, 3.63) is 58.1 Å². The number of likely N-dealkylation sites (tertiary alicyclic amines) is 1. The Balaban J connectivity index is 1.56. The molecule has 0 spiro atoms. The smallest absolute Gasteiger partial charge is 0.261 e. The zero-order chi connectivity index (χ0) is 24.0. The van der Waals surface area contributed by atoms with E-state index in [0.29, 0.717) is 12.2 Å². The number of rotatable bonds is 9. The van der Waals surface area contributed by atoms with Gasteiger partial charge in [-0.2, -0.15) is 0 Å². The molecule has 2 aromatic carbocycles. The molecule has 1 fully saturated rings. The van der Waals surface area contributed by atoms with E-state index in [1.54, 1.807) is 12.1 Å². The van der Waals surface area contributed by atoms with Gasteiger partial charge in [0.25, 0.3) is 15.9 Å². The minimum atomic E-state index is -3.86. The Bertz CT molecular complexity index is 1080. The van der Waals surface area contributed by atoms with E-state index in [1.807, 2.05) is 19.9 Å². The minimum absolute atomic E-state index is 0.00500. The topological polar surface area (TPSA) is 78.5 Å². The fraction of sp³-hybridized carbons (Fsp3) is 0.480. The van der Waals surface area contributed by atoms with Crippen LogP contribution in [0, 0.1) is 19.8 Å². The van der Waals surface area contributed by atoms with E-state index < -0.39 is 10.0 Å². The van der Waals surface area contributed by atoms with Gasteiger partial charge in [0.2, 0.25) is 0 Å². The van der Waals surface area contributed by atoms with Crippen molar-refractivity contribution in [3.63, 3.8) is 0 Å². The van der Waals surface area contributed by atoms with Crippen LogP contribution in [0.15, 0.2) is 41.3 Å². The quantitative estimate of drug-likeness (QED) is 0.484. The number of carbonyl (C=O) groups is 1. The molecule has 180 valence electrons. The maximum absolute atomic E-state index is 12.9.